The van der Waals surface area contributed by atoms with Gasteiger partial charge in [-0.05, 0) is 55.1 Å². The van der Waals surface area contributed by atoms with E-state index in [1.165, 1.54) is 31.2 Å². The Morgan fingerprint density at radius 3 is 2.95 bits per heavy atom. The maximum absolute atomic E-state index is 11.4. The van der Waals surface area contributed by atoms with Crippen molar-refractivity contribution in [1.82, 2.24) is 0 Å². The Labute approximate surface area is 119 Å². The summed E-state index contributed by atoms with van der Waals surface area (Å²) >= 11 is 0. The Kier molecular flexibility index (Phi) is 2.94. The van der Waals surface area contributed by atoms with Gasteiger partial charge in [0.15, 0.2) is 0 Å². The molecular formula is C17H21NO2. The number of rotatable bonds is 3. The predicted octanol–water partition coefficient (Wildman–Crippen LogP) is 3.39. The largest absolute Gasteiger partial charge is 0.493 e. The molecule has 106 valence electrons. The number of benzene rings is 1. The van der Waals surface area contributed by atoms with Crippen LogP contribution in [0.1, 0.15) is 37.7 Å². The van der Waals surface area contributed by atoms with Crippen molar-refractivity contribution in [3.63, 3.8) is 0 Å². The second-order valence-electron chi connectivity index (χ2n) is 6.61. The van der Waals surface area contributed by atoms with E-state index in [-0.39, 0.29) is 5.91 Å². The molecule has 0 saturated heterocycles. The monoisotopic (exact) mass is 271 g/mol. The normalized spacial score (nSPS) is 31.0. The zero-order valence-electron chi connectivity index (χ0n) is 11.7. The van der Waals surface area contributed by atoms with E-state index in [1.54, 1.807) is 0 Å². The number of ether oxygens (including phenoxy) is 1. The third-order valence-electron chi connectivity index (χ3n) is 5.33. The van der Waals surface area contributed by atoms with Crippen LogP contribution in [0, 0.1) is 17.8 Å². The quantitative estimate of drug-likeness (QED) is 0.915. The molecule has 1 aliphatic heterocycles. The van der Waals surface area contributed by atoms with Gasteiger partial charge in [0, 0.05) is 18.2 Å². The predicted molar refractivity (Wildman–Crippen MR) is 77.8 cm³/mol. The molecule has 0 aromatic heterocycles. The standard InChI is InChI=1S/C17H21NO2/c19-17-6-4-12-3-5-15(9-16(12)18-17)20-10-14-8-11-1-2-13(14)7-11/h3,5,9,11,13-14H,1-2,4,6-8,10H2,(H,18,19). The smallest absolute Gasteiger partial charge is 0.224 e. The highest BCUT2D eigenvalue weighted by Gasteiger charge is 2.39. The van der Waals surface area contributed by atoms with Gasteiger partial charge in [-0.1, -0.05) is 12.5 Å². The number of fused-ring (bicyclic) bond motifs is 3. The highest BCUT2D eigenvalue weighted by Crippen LogP contribution is 2.48. The zero-order chi connectivity index (χ0) is 13.5. The molecule has 3 atom stereocenters. The maximum atomic E-state index is 11.4. The fraction of sp³-hybridized carbons (Fsp3) is 0.588. The Balaban J connectivity index is 1.42. The number of carbonyl (C=O) groups is 1. The highest BCUT2D eigenvalue weighted by atomic mass is 16.5. The summed E-state index contributed by atoms with van der Waals surface area (Å²) in [5.74, 6) is 3.63. The van der Waals surface area contributed by atoms with Gasteiger partial charge in [0.1, 0.15) is 5.75 Å². The molecule has 2 aliphatic carbocycles. The van der Waals surface area contributed by atoms with Crippen LogP contribution in [0.15, 0.2) is 18.2 Å². The first-order valence-corrected chi connectivity index (χ1v) is 7.83. The van der Waals surface area contributed by atoms with Crippen molar-refractivity contribution in [3.8, 4) is 5.75 Å². The van der Waals surface area contributed by atoms with Gasteiger partial charge in [-0.15, -0.1) is 0 Å². The minimum atomic E-state index is 0.114. The van der Waals surface area contributed by atoms with Crippen LogP contribution in [0.3, 0.4) is 0 Å². The van der Waals surface area contributed by atoms with Crippen LogP contribution in [0.4, 0.5) is 5.69 Å². The summed E-state index contributed by atoms with van der Waals surface area (Å²) in [6, 6.07) is 6.12. The Bertz CT molecular complexity index is 540. The van der Waals surface area contributed by atoms with Crippen molar-refractivity contribution in [2.75, 3.05) is 11.9 Å². The van der Waals surface area contributed by atoms with Crippen molar-refractivity contribution in [2.45, 2.75) is 38.5 Å². The van der Waals surface area contributed by atoms with Crippen molar-refractivity contribution in [3.05, 3.63) is 23.8 Å². The average molecular weight is 271 g/mol. The van der Waals surface area contributed by atoms with E-state index in [0.717, 1.165) is 42.2 Å². The third kappa shape index (κ3) is 2.19. The van der Waals surface area contributed by atoms with Crippen LogP contribution >= 0.6 is 0 Å². The summed E-state index contributed by atoms with van der Waals surface area (Å²) in [5.41, 5.74) is 2.16. The number of amides is 1. The van der Waals surface area contributed by atoms with Crippen LogP contribution in [0.2, 0.25) is 0 Å². The van der Waals surface area contributed by atoms with E-state index < -0.39 is 0 Å². The minimum Gasteiger partial charge on any atom is -0.493 e. The van der Waals surface area contributed by atoms with E-state index in [1.807, 2.05) is 12.1 Å². The molecule has 3 heteroatoms. The number of hydrogen-bond acceptors (Lipinski definition) is 2. The molecule has 0 radical (unpaired) electrons. The first-order chi connectivity index (χ1) is 9.78. The van der Waals surface area contributed by atoms with E-state index in [0.29, 0.717) is 6.42 Å². The second kappa shape index (κ2) is 4.80. The van der Waals surface area contributed by atoms with Crippen LogP contribution in [-0.2, 0) is 11.2 Å². The molecule has 1 N–H and O–H groups in total. The molecule has 3 nitrogen and oxygen atoms in total. The average Bonchev–Trinajstić information content (AvgIpc) is 3.07. The van der Waals surface area contributed by atoms with E-state index >= 15 is 0 Å². The van der Waals surface area contributed by atoms with Gasteiger partial charge >= 0.3 is 0 Å². The van der Waals surface area contributed by atoms with Crippen LogP contribution in [0.25, 0.3) is 0 Å². The molecular weight excluding hydrogens is 250 g/mol. The molecule has 20 heavy (non-hydrogen) atoms. The topological polar surface area (TPSA) is 38.3 Å². The number of aryl methyl sites for hydroxylation is 1. The molecule has 2 bridgehead atoms. The fourth-order valence-corrected chi connectivity index (χ4v) is 4.22. The second-order valence-corrected chi connectivity index (χ2v) is 6.61. The first kappa shape index (κ1) is 12.2. The zero-order valence-corrected chi connectivity index (χ0v) is 11.7. The lowest BCUT2D eigenvalue weighted by Crippen LogP contribution is -2.20. The Hall–Kier alpha value is -1.51. The summed E-state index contributed by atoms with van der Waals surface area (Å²) in [7, 11) is 0. The van der Waals surface area contributed by atoms with Crippen molar-refractivity contribution in [2.24, 2.45) is 17.8 Å². The maximum Gasteiger partial charge on any atom is 0.224 e. The lowest BCUT2D eigenvalue weighted by molar-refractivity contribution is -0.116. The Morgan fingerprint density at radius 2 is 2.15 bits per heavy atom. The Morgan fingerprint density at radius 1 is 1.20 bits per heavy atom. The summed E-state index contributed by atoms with van der Waals surface area (Å²) in [6.45, 7) is 0.841. The molecule has 0 spiro atoms. The van der Waals surface area contributed by atoms with E-state index in [9.17, 15) is 4.79 Å². The number of anilines is 1. The lowest BCUT2D eigenvalue weighted by atomic mass is 9.89. The number of nitrogens with one attached hydrogen (secondary N) is 1. The van der Waals surface area contributed by atoms with Gasteiger partial charge in [0.05, 0.1) is 6.61 Å². The molecule has 1 amide bonds. The molecule has 1 heterocycles. The van der Waals surface area contributed by atoms with E-state index in [4.69, 9.17) is 4.74 Å². The molecule has 2 saturated carbocycles. The van der Waals surface area contributed by atoms with Crippen LogP contribution < -0.4 is 10.1 Å². The van der Waals surface area contributed by atoms with Gasteiger partial charge in [-0.25, -0.2) is 0 Å². The molecule has 2 fully saturated rings. The van der Waals surface area contributed by atoms with Crippen LogP contribution in [0.5, 0.6) is 5.75 Å². The SMILES string of the molecule is O=C1CCc2ccc(OCC3CC4CCC3C4)cc2N1. The minimum absolute atomic E-state index is 0.114. The number of carbonyl (C=O) groups excluding carboxylic acids is 1. The van der Waals surface area contributed by atoms with Gasteiger partial charge in [-0.2, -0.15) is 0 Å². The summed E-state index contributed by atoms with van der Waals surface area (Å²) in [6.07, 6.45) is 7.05. The van der Waals surface area contributed by atoms with E-state index in [2.05, 4.69) is 11.4 Å². The first-order valence-electron chi connectivity index (χ1n) is 7.83. The van der Waals surface area contributed by atoms with Crippen molar-refractivity contribution < 1.29 is 9.53 Å². The molecule has 4 rings (SSSR count). The van der Waals surface area contributed by atoms with Gasteiger partial charge in [0.2, 0.25) is 5.91 Å². The molecule has 1 aromatic rings. The third-order valence-corrected chi connectivity index (χ3v) is 5.33. The summed E-state index contributed by atoms with van der Waals surface area (Å²) in [5, 5.41) is 2.94. The fourth-order valence-electron chi connectivity index (χ4n) is 4.22. The molecule has 1 aromatic carbocycles. The number of hydrogen-bond donors (Lipinski definition) is 1. The van der Waals surface area contributed by atoms with Crippen molar-refractivity contribution in [1.29, 1.82) is 0 Å². The van der Waals surface area contributed by atoms with Gasteiger partial charge < -0.3 is 10.1 Å². The summed E-state index contributed by atoms with van der Waals surface area (Å²) < 4.78 is 5.99. The van der Waals surface area contributed by atoms with Gasteiger partial charge in [-0.3, -0.25) is 4.79 Å². The lowest BCUT2D eigenvalue weighted by Gasteiger charge is -2.22. The molecule has 3 unspecified atom stereocenters. The van der Waals surface area contributed by atoms with Crippen LogP contribution in [-0.4, -0.2) is 12.5 Å². The highest BCUT2D eigenvalue weighted by molar-refractivity contribution is 5.94. The van der Waals surface area contributed by atoms with Gasteiger partial charge in [0.25, 0.3) is 0 Å². The molecule has 3 aliphatic rings. The summed E-state index contributed by atoms with van der Waals surface area (Å²) in [4.78, 5) is 11.4. The van der Waals surface area contributed by atoms with Crippen molar-refractivity contribution >= 4 is 11.6 Å².